The molecule has 0 aliphatic carbocycles. The molecular weight excluding hydrogens is 290 g/mol. The van der Waals surface area contributed by atoms with E-state index in [-0.39, 0.29) is 0 Å². The standard InChI is InChI=1S/C18H31N3O2/c1-4-6-13-23-14-12-20-17(19-5-2)21-15-18(3,22)16-10-8-7-9-11-16/h7-11,22H,4-6,12-15H2,1-3H3,(H2,19,20,21). The normalized spacial score (nSPS) is 14.3. The van der Waals surface area contributed by atoms with Crippen LogP contribution in [0.1, 0.15) is 39.2 Å². The number of unbranched alkanes of at least 4 members (excludes halogenated alkanes) is 1. The van der Waals surface area contributed by atoms with Crippen molar-refractivity contribution in [2.45, 2.75) is 39.2 Å². The minimum absolute atomic E-state index is 0.295. The summed E-state index contributed by atoms with van der Waals surface area (Å²) >= 11 is 0. The summed E-state index contributed by atoms with van der Waals surface area (Å²) in [5.41, 5.74) is -0.121. The minimum atomic E-state index is -0.985. The lowest BCUT2D eigenvalue weighted by Crippen LogP contribution is -2.40. The molecule has 0 aliphatic rings. The van der Waals surface area contributed by atoms with Gasteiger partial charge in [-0.05, 0) is 25.8 Å². The van der Waals surface area contributed by atoms with Crippen LogP contribution in [0.3, 0.4) is 0 Å². The summed E-state index contributed by atoms with van der Waals surface area (Å²) in [5, 5.41) is 17.0. The average molecular weight is 321 g/mol. The number of nitrogens with zero attached hydrogens (tertiary/aromatic N) is 1. The zero-order chi connectivity index (χ0) is 17.0. The summed E-state index contributed by atoms with van der Waals surface area (Å²) in [5.74, 6) is 0.697. The van der Waals surface area contributed by atoms with Gasteiger partial charge in [-0.3, -0.25) is 0 Å². The van der Waals surface area contributed by atoms with E-state index in [0.29, 0.717) is 25.7 Å². The van der Waals surface area contributed by atoms with Crippen molar-refractivity contribution in [3.63, 3.8) is 0 Å². The lowest BCUT2D eigenvalue weighted by atomic mass is 9.96. The van der Waals surface area contributed by atoms with Gasteiger partial charge in [0.1, 0.15) is 5.60 Å². The van der Waals surface area contributed by atoms with Crippen molar-refractivity contribution in [1.29, 1.82) is 0 Å². The average Bonchev–Trinajstić information content (AvgIpc) is 2.56. The molecule has 5 nitrogen and oxygen atoms in total. The number of hydrogen-bond acceptors (Lipinski definition) is 3. The van der Waals surface area contributed by atoms with Crippen LogP contribution in [0.2, 0.25) is 0 Å². The van der Waals surface area contributed by atoms with Crippen molar-refractivity contribution in [1.82, 2.24) is 10.6 Å². The summed E-state index contributed by atoms with van der Waals surface area (Å²) in [6.45, 7) is 9.17. The summed E-state index contributed by atoms with van der Waals surface area (Å²) in [4.78, 5) is 4.48. The summed E-state index contributed by atoms with van der Waals surface area (Å²) in [7, 11) is 0. The van der Waals surface area contributed by atoms with Crippen LogP contribution < -0.4 is 10.6 Å². The van der Waals surface area contributed by atoms with E-state index in [9.17, 15) is 5.11 Å². The Morgan fingerprint density at radius 2 is 1.91 bits per heavy atom. The van der Waals surface area contributed by atoms with Gasteiger partial charge in [0.2, 0.25) is 0 Å². The van der Waals surface area contributed by atoms with Gasteiger partial charge in [-0.25, -0.2) is 4.99 Å². The number of rotatable bonds is 10. The van der Waals surface area contributed by atoms with Crippen LogP contribution in [0.4, 0.5) is 0 Å². The third-order valence-corrected chi connectivity index (χ3v) is 3.47. The highest BCUT2D eigenvalue weighted by atomic mass is 16.5. The highest BCUT2D eigenvalue weighted by molar-refractivity contribution is 5.79. The van der Waals surface area contributed by atoms with Gasteiger partial charge in [-0.1, -0.05) is 43.7 Å². The molecule has 0 spiro atoms. The maximum absolute atomic E-state index is 10.6. The number of aliphatic hydroxyl groups is 1. The van der Waals surface area contributed by atoms with Crippen LogP contribution in [0.15, 0.2) is 35.3 Å². The summed E-state index contributed by atoms with van der Waals surface area (Å²) in [6.07, 6.45) is 2.24. The van der Waals surface area contributed by atoms with Crippen molar-refractivity contribution < 1.29 is 9.84 Å². The molecule has 0 saturated heterocycles. The van der Waals surface area contributed by atoms with Gasteiger partial charge in [-0.15, -0.1) is 0 Å². The maximum Gasteiger partial charge on any atom is 0.191 e. The minimum Gasteiger partial charge on any atom is -0.384 e. The number of aliphatic imine (C=N–C) groups is 1. The Hall–Kier alpha value is -1.59. The van der Waals surface area contributed by atoms with E-state index in [1.807, 2.05) is 37.3 Å². The summed E-state index contributed by atoms with van der Waals surface area (Å²) < 4.78 is 5.52. The molecule has 0 bridgehead atoms. The quantitative estimate of drug-likeness (QED) is 0.351. The summed E-state index contributed by atoms with van der Waals surface area (Å²) in [6, 6.07) is 9.61. The highest BCUT2D eigenvalue weighted by Crippen LogP contribution is 2.20. The fourth-order valence-corrected chi connectivity index (χ4v) is 2.05. The van der Waals surface area contributed by atoms with E-state index in [1.54, 1.807) is 6.92 Å². The molecule has 0 radical (unpaired) electrons. The zero-order valence-corrected chi connectivity index (χ0v) is 14.6. The Morgan fingerprint density at radius 1 is 1.17 bits per heavy atom. The molecule has 0 heterocycles. The molecule has 1 atom stereocenters. The molecule has 0 aliphatic heterocycles. The van der Waals surface area contributed by atoms with Crippen molar-refractivity contribution in [3.8, 4) is 0 Å². The molecule has 0 amide bonds. The third-order valence-electron chi connectivity index (χ3n) is 3.47. The second kappa shape index (κ2) is 11.0. The van der Waals surface area contributed by atoms with Gasteiger partial charge in [0.15, 0.2) is 5.96 Å². The molecular formula is C18H31N3O2. The predicted molar refractivity (Wildman–Crippen MR) is 95.7 cm³/mol. The number of ether oxygens (including phenoxy) is 1. The molecule has 1 unspecified atom stereocenters. The van der Waals surface area contributed by atoms with Crippen molar-refractivity contribution in [2.75, 3.05) is 32.8 Å². The van der Waals surface area contributed by atoms with Gasteiger partial charge >= 0.3 is 0 Å². The molecule has 1 aromatic carbocycles. The zero-order valence-electron chi connectivity index (χ0n) is 14.6. The van der Waals surface area contributed by atoms with Crippen LogP contribution in [0.25, 0.3) is 0 Å². The second-order valence-electron chi connectivity index (χ2n) is 5.73. The molecule has 130 valence electrons. The largest absolute Gasteiger partial charge is 0.384 e. The Labute approximate surface area is 140 Å². The first kappa shape index (κ1) is 19.5. The first-order valence-electron chi connectivity index (χ1n) is 8.48. The van der Waals surface area contributed by atoms with Gasteiger partial charge in [0.25, 0.3) is 0 Å². The molecule has 0 saturated carbocycles. The van der Waals surface area contributed by atoms with Gasteiger partial charge in [-0.2, -0.15) is 0 Å². The Kier molecular flexibility index (Phi) is 9.33. The lowest BCUT2D eigenvalue weighted by molar-refractivity contribution is 0.0672. The van der Waals surface area contributed by atoms with Crippen LogP contribution in [-0.4, -0.2) is 43.9 Å². The van der Waals surface area contributed by atoms with Gasteiger partial charge in [0.05, 0.1) is 13.2 Å². The van der Waals surface area contributed by atoms with E-state index in [4.69, 9.17) is 4.74 Å². The van der Waals surface area contributed by atoms with Crippen LogP contribution in [-0.2, 0) is 10.3 Å². The first-order chi connectivity index (χ1) is 11.1. The molecule has 0 aromatic heterocycles. The molecule has 5 heteroatoms. The van der Waals surface area contributed by atoms with E-state index in [0.717, 1.165) is 31.6 Å². The Morgan fingerprint density at radius 3 is 2.57 bits per heavy atom. The predicted octanol–water partition coefficient (Wildman–Crippen LogP) is 2.27. The molecule has 3 N–H and O–H groups in total. The fourth-order valence-electron chi connectivity index (χ4n) is 2.05. The lowest BCUT2D eigenvalue weighted by Gasteiger charge is -2.22. The van der Waals surface area contributed by atoms with Crippen molar-refractivity contribution >= 4 is 5.96 Å². The number of guanidine groups is 1. The second-order valence-corrected chi connectivity index (χ2v) is 5.73. The number of hydrogen-bond donors (Lipinski definition) is 3. The SMILES string of the molecule is CCCCOCCNC(=NCC(C)(O)c1ccccc1)NCC. The third kappa shape index (κ3) is 8.00. The molecule has 0 fully saturated rings. The molecule has 1 rings (SSSR count). The van der Waals surface area contributed by atoms with Crippen molar-refractivity contribution in [3.05, 3.63) is 35.9 Å². The molecule has 23 heavy (non-hydrogen) atoms. The number of benzene rings is 1. The topological polar surface area (TPSA) is 65.9 Å². The van der Waals surface area contributed by atoms with Gasteiger partial charge < -0.3 is 20.5 Å². The van der Waals surface area contributed by atoms with E-state index in [1.165, 1.54) is 0 Å². The van der Waals surface area contributed by atoms with Crippen LogP contribution in [0, 0.1) is 0 Å². The Bertz CT molecular complexity index is 447. The fraction of sp³-hybridized carbons (Fsp3) is 0.611. The van der Waals surface area contributed by atoms with E-state index >= 15 is 0 Å². The number of nitrogens with one attached hydrogen (secondary N) is 2. The van der Waals surface area contributed by atoms with Gasteiger partial charge in [0, 0.05) is 19.7 Å². The highest BCUT2D eigenvalue weighted by Gasteiger charge is 2.22. The first-order valence-corrected chi connectivity index (χ1v) is 8.48. The van der Waals surface area contributed by atoms with E-state index < -0.39 is 5.60 Å². The van der Waals surface area contributed by atoms with Crippen molar-refractivity contribution in [2.24, 2.45) is 4.99 Å². The smallest absolute Gasteiger partial charge is 0.191 e. The maximum atomic E-state index is 10.6. The van der Waals surface area contributed by atoms with E-state index in [2.05, 4.69) is 22.5 Å². The van der Waals surface area contributed by atoms with Crippen LogP contribution in [0.5, 0.6) is 0 Å². The Balaban J connectivity index is 2.47. The van der Waals surface area contributed by atoms with Crippen LogP contribution >= 0.6 is 0 Å². The monoisotopic (exact) mass is 321 g/mol. The molecule has 1 aromatic rings.